The van der Waals surface area contributed by atoms with E-state index in [0.717, 1.165) is 6.42 Å². The molecule has 1 heterocycles. The van der Waals surface area contributed by atoms with Crippen LogP contribution in [0, 0.1) is 0 Å². The maximum Gasteiger partial charge on any atom is 0.241 e. The first-order chi connectivity index (χ1) is 7.06. The Bertz CT molecular complexity index is 219. The molecule has 1 aliphatic rings. The number of carbonyl (C=O) groups excluding carboxylic acids is 1. The molecule has 0 aromatic heterocycles. The first kappa shape index (κ1) is 12.5. The van der Waals surface area contributed by atoms with E-state index in [-0.39, 0.29) is 24.2 Å². The summed E-state index contributed by atoms with van der Waals surface area (Å²) in [6, 6.07) is -0.000880. The molecule has 1 fully saturated rings. The summed E-state index contributed by atoms with van der Waals surface area (Å²) in [5.74, 6) is 0.206. The lowest BCUT2D eigenvalue weighted by atomic mass is 10.2. The summed E-state index contributed by atoms with van der Waals surface area (Å²) in [4.78, 5) is 13.7. The van der Waals surface area contributed by atoms with Crippen LogP contribution in [0.4, 0.5) is 0 Å². The van der Waals surface area contributed by atoms with Gasteiger partial charge in [0, 0.05) is 6.54 Å². The Hall–Kier alpha value is -0.610. The first-order valence-electron chi connectivity index (χ1n) is 5.74. The maximum atomic E-state index is 11.8. The van der Waals surface area contributed by atoms with Crippen molar-refractivity contribution in [2.24, 2.45) is 0 Å². The minimum atomic E-state index is -0.000880. The van der Waals surface area contributed by atoms with E-state index in [4.69, 9.17) is 4.74 Å². The third kappa shape index (κ3) is 3.18. The normalized spacial score (nSPS) is 26.7. The van der Waals surface area contributed by atoms with Crippen LogP contribution in [0.1, 0.15) is 34.1 Å². The highest BCUT2D eigenvalue weighted by Gasteiger charge is 2.34. The van der Waals surface area contributed by atoms with E-state index in [1.165, 1.54) is 0 Å². The third-order valence-electron chi connectivity index (χ3n) is 2.68. The Kier molecular flexibility index (Phi) is 4.54. The molecule has 1 aliphatic heterocycles. The number of nitrogens with one attached hydrogen (secondary N) is 1. The number of ether oxygens (including phenoxy) is 1. The number of hydrogen-bond acceptors (Lipinski definition) is 3. The second-order valence-corrected chi connectivity index (χ2v) is 4.25. The van der Waals surface area contributed by atoms with Gasteiger partial charge in [0.2, 0.25) is 5.91 Å². The molecule has 0 saturated carbocycles. The monoisotopic (exact) mass is 214 g/mol. The Morgan fingerprint density at radius 3 is 2.67 bits per heavy atom. The van der Waals surface area contributed by atoms with E-state index >= 15 is 0 Å². The quantitative estimate of drug-likeness (QED) is 0.741. The zero-order valence-electron chi connectivity index (χ0n) is 10.1. The first-order valence-corrected chi connectivity index (χ1v) is 5.74. The minimum Gasteiger partial charge on any atom is -0.377 e. The molecular formula is C11H22N2O2. The summed E-state index contributed by atoms with van der Waals surface area (Å²) in [6.07, 6.45) is 1.22. The van der Waals surface area contributed by atoms with Crippen molar-refractivity contribution in [3.05, 3.63) is 0 Å². The molecule has 0 aromatic carbocycles. The van der Waals surface area contributed by atoms with Gasteiger partial charge < -0.3 is 9.64 Å². The number of amides is 1. The molecule has 1 N–H and O–H groups in total. The van der Waals surface area contributed by atoms with Crippen molar-refractivity contribution < 1.29 is 9.53 Å². The second kappa shape index (κ2) is 5.47. The standard InChI is InChI=1S/C11H22N2O2/c1-5-10-11(14)13(9(4)12-10)6-7-15-8(2)3/h8-10,12H,5-7H2,1-4H3. The highest BCUT2D eigenvalue weighted by Crippen LogP contribution is 2.12. The molecule has 2 unspecified atom stereocenters. The molecule has 1 saturated heterocycles. The minimum absolute atomic E-state index is 0.000880. The molecule has 0 radical (unpaired) electrons. The van der Waals surface area contributed by atoms with Gasteiger partial charge in [0.1, 0.15) is 0 Å². The van der Waals surface area contributed by atoms with Gasteiger partial charge >= 0.3 is 0 Å². The number of hydrogen-bond donors (Lipinski definition) is 1. The molecule has 15 heavy (non-hydrogen) atoms. The molecule has 0 aliphatic carbocycles. The van der Waals surface area contributed by atoms with Crippen LogP contribution in [-0.4, -0.2) is 42.3 Å². The van der Waals surface area contributed by atoms with Crippen LogP contribution in [-0.2, 0) is 9.53 Å². The summed E-state index contributed by atoms with van der Waals surface area (Å²) in [7, 11) is 0. The zero-order valence-corrected chi connectivity index (χ0v) is 10.1. The molecule has 2 atom stereocenters. The van der Waals surface area contributed by atoms with Gasteiger partial charge in [0.15, 0.2) is 0 Å². The highest BCUT2D eigenvalue weighted by atomic mass is 16.5. The van der Waals surface area contributed by atoms with Crippen LogP contribution in [0.15, 0.2) is 0 Å². The van der Waals surface area contributed by atoms with Gasteiger partial charge in [-0.1, -0.05) is 6.92 Å². The van der Waals surface area contributed by atoms with Crippen molar-refractivity contribution in [2.45, 2.75) is 52.4 Å². The third-order valence-corrected chi connectivity index (χ3v) is 2.68. The predicted octanol–water partition coefficient (Wildman–Crippen LogP) is 0.968. The summed E-state index contributed by atoms with van der Waals surface area (Å²) < 4.78 is 5.45. The summed E-state index contributed by atoms with van der Waals surface area (Å²) in [5, 5.41) is 3.26. The van der Waals surface area contributed by atoms with Crippen LogP contribution in [0.5, 0.6) is 0 Å². The molecular weight excluding hydrogens is 192 g/mol. The van der Waals surface area contributed by atoms with E-state index in [1.807, 2.05) is 32.6 Å². The zero-order chi connectivity index (χ0) is 11.4. The van der Waals surface area contributed by atoms with Crippen LogP contribution in [0.3, 0.4) is 0 Å². The summed E-state index contributed by atoms with van der Waals surface area (Å²) >= 11 is 0. The average molecular weight is 214 g/mol. The van der Waals surface area contributed by atoms with Gasteiger partial charge in [-0.2, -0.15) is 0 Å². The highest BCUT2D eigenvalue weighted by molar-refractivity contribution is 5.84. The molecule has 88 valence electrons. The number of carbonyl (C=O) groups is 1. The predicted molar refractivity (Wildman–Crippen MR) is 59.5 cm³/mol. The molecule has 0 spiro atoms. The van der Waals surface area contributed by atoms with Gasteiger partial charge in [0.25, 0.3) is 0 Å². The second-order valence-electron chi connectivity index (χ2n) is 4.25. The molecule has 1 amide bonds. The largest absolute Gasteiger partial charge is 0.377 e. The van der Waals surface area contributed by atoms with Gasteiger partial charge in [-0.15, -0.1) is 0 Å². The fourth-order valence-electron chi connectivity index (χ4n) is 1.83. The van der Waals surface area contributed by atoms with E-state index in [2.05, 4.69) is 5.32 Å². The van der Waals surface area contributed by atoms with Crippen LogP contribution >= 0.6 is 0 Å². The van der Waals surface area contributed by atoms with Crippen molar-refractivity contribution >= 4 is 5.91 Å². The van der Waals surface area contributed by atoms with E-state index in [9.17, 15) is 4.79 Å². The Balaban J connectivity index is 2.37. The maximum absolute atomic E-state index is 11.8. The topological polar surface area (TPSA) is 41.6 Å². The van der Waals surface area contributed by atoms with Crippen molar-refractivity contribution in [2.75, 3.05) is 13.2 Å². The summed E-state index contributed by atoms with van der Waals surface area (Å²) in [5.41, 5.74) is 0. The van der Waals surface area contributed by atoms with E-state index < -0.39 is 0 Å². The number of rotatable bonds is 5. The van der Waals surface area contributed by atoms with Gasteiger partial charge in [-0.05, 0) is 27.2 Å². The van der Waals surface area contributed by atoms with Crippen molar-refractivity contribution in [3.8, 4) is 0 Å². The molecule has 1 rings (SSSR count). The Morgan fingerprint density at radius 2 is 2.20 bits per heavy atom. The average Bonchev–Trinajstić information content (AvgIpc) is 2.44. The SMILES string of the molecule is CCC1NC(C)N(CCOC(C)C)C1=O. The van der Waals surface area contributed by atoms with Crippen molar-refractivity contribution in [1.29, 1.82) is 0 Å². The fourth-order valence-corrected chi connectivity index (χ4v) is 1.83. The number of nitrogens with zero attached hydrogens (tertiary/aromatic N) is 1. The lowest BCUT2D eigenvalue weighted by Gasteiger charge is -2.21. The van der Waals surface area contributed by atoms with E-state index in [0.29, 0.717) is 13.2 Å². The molecule has 4 nitrogen and oxygen atoms in total. The molecule has 0 bridgehead atoms. The molecule has 4 heteroatoms. The Morgan fingerprint density at radius 1 is 1.53 bits per heavy atom. The lowest BCUT2D eigenvalue weighted by molar-refractivity contribution is -0.130. The van der Waals surface area contributed by atoms with Gasteiger partial charge in [0.05, 0.1) is 24.9 Å². The molecule has 0 aromatic rings. The fraction of sp³-hybridized carbons (Fsp3) is 0.909. The van der Waals surface area contributed by atoms with E-state index in [1.54, 1.807) is 0 Å². The smallest absolute Gasteiger partial charge is 0.241 e. The van der Waals surface area contributed by atoms with Crippen molar-refractivity contribution in [1.82, 2.24) is 10.2 Å². The van der Waals surface area contributed by atoms with Crippen LogP contribution in [0.2, 0.25) is 0 Å². The summed E-state index contributed by atoms with van der Waals surface area (Å²) in [6.45, 7) is 9.34. The van der Waals surface area contributed by atoms with Crippen molar-refractivity contribution in [3.63, 3.8) is 0 Å². The van der Waals surface area contributed by atoms with Crippen LogP contribution < -0.4 is 5.32 Å². The lowest BCUT2D eigenvalue weighted by Crippen LogP contribution is -2.37. The van der Waals surface area contributed by atoms with Crippen LogP contribution in [0.25, 0.3) is 0 Å². The van der Waals surface area contributed by atoms with Gasteiger partial charge in [-0.3, -0.25) is 10.1 Å². The Labute approximate surface area is 92.0 Å². The van der Waals surface area contributed by atoms with Gasteiger partial charge in [-0.25, -0.2) is 0 Å².